The van der Waals surface area contributed by atoms with Gasteiger partial charge < -0.3 is 10.1 Å². The number of ether oxygens (including phenoxy) is 1. The summed E-state index contributed by atoms with van der Waals surface area (Å²) in [5.74, 6) is 0.0664. The number of aromatic nitrogens is 2. The fourth-order valence-electron chi connectivity index (χ4n) is 2.82. The first kappa shape index (κ1) is 16.0. The van der Waals surface area contributed by atoms with Gasteiger partial charge in [0.05, 0.1) is 28.3 Å². The molecule has 1 fully saturated rings. The van der Waals surface area contributed by atoms with Crippen LogP contribution in [-0.2, 0) is 9.53 Å². The highest BCUT2D eigenvalue weighted by molar-refractivity contribution is 6.32. The summed E-state index contributed by atoms with van der Waals surface area (Å²) in [6.45, 7) is 4.77. The number of carbonyl (C=O) groups is 1. The monoisotopic (exact) mass is 333 g/mol. The van der Waals surface area contributed by atoms with E-state index in [0.717, 1.165) is 24.2 Å². The van der Waals surface area contributed by atoms with Crippen LogP contribution in [0.1, 0.15) is 38.3 Å². The standard InChI is InChI=1S/C17H20ClN3O2/c1-11(2)16-13(20-17(22)15-8-5-9-23-15)10-19-21(16)14-7-4-3-6-12(14)18/h3-4,6-7,10-11,15H,5,8-9H2,1-2H3,(H,20,22)/t15-/m0/s1. The normalized spacial score (nSPS) is 17.7. The Morgan fingerprint density at radius 1 is 1.43 bits per heavy atom. The average Bonchev–Trinajstić information content (AvgIpc) is 3.17. The minimum Gasteiger partial charge on any atom is -0.368 e. The highest BCUT2D eigenvalue weighted by Crippen LogP contribution is 2.30. The van der Waals surface area contributed by atoms with Crippen molar-refractivity contribution >= 4 is 23.2 Å². The molecule has 122 valence electrons. The van der Waals surface area contributed by atoms with E-state index in [4.69, 9.17) is 16.3 Å². The molecule has 6 heteroatoms. The topological polar surface area (TPSA) is 56.1 Å². The number of amides is 1. The summed E-state index contributed by atoms with van der Waals surface area (Å²) in [4.78, 5) is 12.3. The number of halogens is 1. The quantitative estimate of drug-likeness (QED) is 0.926. The molecule has 3 rings (SSSR count). The molecule has 1 N–H and O–H groups in total. The van der Waals surface area contributed by atoms with Crippen molar-refractivity contribution in [2.75, 3.05) is 11.9 Å². The van der Waals surface area contributed by atoms with Crippen LogP contribution in [-0.4, -0.2) is 28.4 Å². The molecule has 1 aliphatic heterocycles. The summed E-state index contributed by atoms with van der Waals surface area (Å²) >= 11 is 6.29. The number of para-hydroxylation sites is 1. The molecule has 5 nitrogen and oxygen atoms in total. The maximum atomic E-state index is 12.3. The van der Waals surface area contributed by atoms with Crippen LogP contribution in [0.4, 0.5) is 5.69 Å². The molecule has 1 atom stereocenters. The predicted molar refractivity (Wildman–Crippen MR) is 90.3 cm³/mol. The third-order valence-electron chi connectivity index (χ3n) is 3.91. The Kier molecular flexibility index (Phi) is 4.68. The molecule has 0 unspecified atom stereocenters. The molecular formula is C17H20ClN3O2. The second-order valence-electron chi connectivity index (χ2n) is 5.95. The van der Waals surface area contributed by atoms with Crippen molar-refractivity contribution in [1.82, 2.24) is 9.78 Å². The fourth-order valence-corrected chi connectivity index (χ4v) is 3.04. The molecule has 1 aromatic heterocycles. The van der Waals surface area contributed by atoms with Crippen LogP contribution < -0.4 is 5.32 Å². The zero-order chi connectivity index (χ0) is 16.4. The molecule has 0 bridgehead atoms. The first-order chi connectivity index (χ1) is 11.1. The van der Waals surface area contributed by atoms with Crippen LogP contribution >= 0.6 is 11.6 Å². The second-order valence-corrected chi connectivity index (χ2v) is 6.36. The van der Waals surface area contributed by atoms with Gasteiger partial charge in [-0.2, -0.15) is 5.10 Å². The summed E-state index contributed by atoms with van der Waals surface area (Å²) in [5, 5.41) is 8.00. The Hall–Kier alpha value is -1.85. The number of hydrogen-bond donors (Lipinski definition) is 1. The van der Waals surface area contributed by atoms with Gasteiger partial charge in [-0.15, -0.1) is 0 Å². The van der Waals surface area contributed by atoms with Gasteiger partial charge in [-0.3, -0.25) is 4.79 Å². The summed E-state index contributed by atoms with van der Waals surface area (Å²) in [6, 6.07) is 7.53. The Balaban J connectivity index is 1.93. The molecule has 1 amide bonds. The molecule has 1 saturated heterocycles. The van der Waals surface area contributed by atoms with Gasteiger partial charge in [0, 0.05) is 6.61 Å². The van der Waals surface area contributed by atoms with Crippen molar-refractivity contribution in [2.24, 2.45) is 0 Å². The third kappa shape index (κ3) is 3.26. The van der Waals surface area contributed by atoms with E-state index in [1.54, 1.807) is 10.9 Å². The lowest BCUT2D eigenvalue weighted by Crippen LogP contribution is -2.27. The van der Waals surface area contributed by atoms with Crippen LogP contribution in [0, 0.1) is 0 Å². The lowest BCUT2D eigenvalue weighted by atomic mass is 10.1. The molecule has 1 aliphatic rings. The van der Waals surface area contributed by atoms with E-state index in [1.807, 2.05) is 24.3 Å². The Morgan fingerprint density at radius 2 is 2.22 bits per heavy atom. The second kappa shape index (κ2) is 6.72. The smallest absolute Gasteiger partial charge is 0.253 e. The SMILES string of the molecule is CC(C)c1c(NC(=O)[C@@H]2CCCO2)cnn1-c1ccccc1Cl. The van der Waals surface area contributed by atoms with E-state index in [-0.39, 0.29) is 17.9 Å². The van der Waals surface area contributed by atoms with Gasteiger partial charge in [0.25, 0.3) is 5.91 Å². The molecule has 2 heterocycles. The zero-order valence-electron chi connectivity index (χ0n) is 13.3. The number of anilines is 1. The Morgan fingerprint density at radius 3 is 2.87 bits per heavy atom. The Bertz CT molecular complexity index is 706. The van der Waals surface area contributed by atoms with Gasteiger partial charge in [0.1, 0.15) is 6.10 Å². The van der Waals surface area contributed by atoms with E-state index in [1.165, 1.54) is 0 Å². The molecular weight excluding hydrogens is 314 g/mol. The van der Waals surface area contributed by atoms with Gasteiger partial charge in [-0.25, -0.2) is 4.68 Å². The van der Waals surface area contributed by atoms with Crippen molar-refractivity contribution in [2.45, 2.75) is 38.7 Å². The van der Waals surface area contributed by atoms with E-state index in [0.29, 0.717) is 17.3 Å². The molecule has 1 aromatic carbocycles. The van der Waals surface area contributed by atoms with E-state index >= 15 is 0 Å². The summed E-state index contributed by atoms with van der Waals surface area (Å²) in [7, 11) is 0. The number of nitrogens with zero attached hydrogens (tertiary/aromatic N) is 2. The van der Waals surface area contributed by atoms with Crippen molar-refractivity contribution in [1.29, 1.82) is 0 Å². The van der Waals surface area contributed by atoms with Crippen molar-refractivity contribution in [3.05, 3.63) is 41.2 Å². The molecule has 23 heavy (non-hydrogen) atoms. The van der Waals surface area contributed by atoms with Crippen LogP contribution in [0.15, 0.2) is 30.5 Å². The van der Waals surface area contributed by atoms with Crippen molar-refractivity contribution in [3.63, 3.8) is 0 Å². The van der Waals surface area contributed by atoms with Crippen molar-refractivity contribution < 1.29 is 9.53 Å². The van der Waals surface area contributed by atoms with Crippen LogP contribution in [0.3, 0.4) is 0 Å². The third-order valence-corrected chi connectivity index (χ3v) is 4.23. The molecule has 2 aromatic rings. The molecule has 0 radical (unpaired) electrons. The van der Waals surface area contributed by atoms with Gasteiger partial charge in [0.2, 0.25) is 0 Å². The number of hydrogen-bond acceptors (Lipinski definition) is 3. The van der Waals surface area contributed by atoms with E-state index < -0.39 is 0 Å². The zero-order valence-corrected chi connectivity index (χ0v) is 14.0. The number of benzene rings is 1. The van der Waals surface area contributed by atoms with Gasteiger partial charge in [0.15, 0.2) is 0 Å². The van der Waals surface area contributed by atoms with Crippen LogP contribution in [0.25, 0.3) is 5.69 Å². The van der Waals surface area contributed by atoms with Crippen LogP contribution in [0.5, 0.6) is 0 Å². The number of nitrogens with one attached hydrogen (secondary N) is 1. The average molecular weight is 334 g/mol. The largest absolute Gasteiger partial charge is 0.368 e. The predicted octanol–water partition coefficient (Wildman–Crippen LogP) is 3.77. The van der Waals surface area contributed by atoms with E-state index in [2.05, 4.69) is 24.3 Å². The van der Waals surface area contributed by atoms with Gasteiger partial charge in [-0.05, 0) is 30.9 Å². The summed E-state index contributed by atoms with van der Waals surface area (Å²) in [5.41, 5.74) is 2.43. The minimum absolute atomic E-state index is 0.108. The van der Waals surface area contributed by atoms with Gasteiger partial charge in [-0.1, -0.05) is 37.6 Å². The number of carbonyl (C=O) groups excluding carboxylic acids is 1. The maximum absolute atomic E-state index is 12.3. The molecule has 0 aliphatic carbocycles. The minimum atomic E-state index is -0.362. The first-order valence-electron chi connectivity index (χ1n) is 7.83. The fraction of sp³-hybridized carbons (Fsp3) is 0.412. The summed E-state index contributed by atoms with van der Waals surface area (Å²) in [6.07, 6.45) is 3.00. The van der Waals surface area contributed by atoms with Gasteiger partial charge >= 0.3 is 0 Å². The molecule has 0 saturated carbocycles. The lowest BCUT2D eigenvalue weighted by Gasteiger charge is -2.15. The lowest BCUT2D eigenvalue weighted by molar-refractivity contribution is -0.124. The van der Waals surface area contributed by atoms with E-state index in [9.17, 15) is 4.79 Å². The summed E-state index contributed by atoms with van der Waals surface area (Å²) < 4.78 is 7.23. The maximum Gasteiger partial charge on any atom is 0.253 e. The molecule has 0 spiro atoms. The highest BCUT2D eigenvalue weighted by atomic mass is 35.5. The van der Waals surface area contributed by atoms with Crippen molar-refractivity contribution in [3.8, 4) is 5.69 Å². The number of rotatable bonds is 4. The van der Waals surface area contributed by atoms with Crippen LogP contribution in [0.2, 0.25) is 5.02 Å². The first-order valence-corrected chi connectivity index (χ1v) is 8.21. The highest BCUT2D eigenvalue weighted by Gasteiger charge is 2.26. The Labute approximate surface area is 140 Å².